The van der Waals surface area contributed by atoms with Crippen LogP contribution < -0.4 is 0 Å². The summed E-state index contributed by atoms with van der Waals surface area (Å²) in [5.41, 5.74) is 4.59. The Balaban J connectivity index is 1.26. The summed E-state index contributed by atoms with van der Waals surface area (Å²) in [7, 11) is 0. The van der Waals surface area contributed by atoms with Gasteiger partial charge in [-0.25, -0.2) is 4.39 Å². The van der Waals surface area contributed by atoms with E-state index in [-0.39, 0.29) is 5.82 Å². The molecule has 0 atom stereocenters. The molecule has 0 unspecified atom stereocenters. The monoisotopic (exact) mass is 411 g/mol. The van der Waals surface area contributed by atoms with Gasteiger partial charge in [0.2, 0.25) is 0 Å². The van der Waals surface area contributed by atoms with Crippen molar-refractivity contribution in [2.45, 2.75) is 59.5 Å². The maximum absolute atomic E-state index is 13.1. The van der Waals surface area contributed by atoms with Gasteiger partial charge >= 0.3 is 0 Å². The van der Waals surface area contributed by atoms with Crippen molar-refractivity contribution in [2.24, 2.45) is 5.92 Å². The maximum Gasteiger partial charge on any atom is 0.257 e. The molecular formula is C23H30FN5O. The highest BCUT2D eigenvalue weighted by Gasteiger charge is 2.22. The number of aromatic nitrogens is 4. The summed E-state index contributed by atoms with van der Waals surface area (Å²) in [5, 5.41) is 8.75. The second kappa shape index (κ2) is 9.08. The minimum Gasteiger partial charge on any atom is -0.334 e. The van der Waals surface area contributed by atoms with E-state index in [0.717, 1.165) is 56.1 Å². The first-order chi connectivity index (χ1) is 14.5. The topological polar surface area (TPSA) is 60.0 Å². The zero-order valence-electron chi connectivity index (χ0n) is 18.1. The molecule has 0 amide bonds. The fourth-order valence-corrected chi connectivity index (χ4v) is 4.33. The Morgan fingerprint density at radius 3 is 2.53 bits per heavy atom. The standard InChI is InChI=1S/C23H30FN5O/c1-4-29-17(3)21(16(2)26-29)15-28-13-11-18(12-14-28)5-10-22-25-23(30-27-22)19-6-8-20(24)9-7-19/h6-9,18H,4-5,10-15H2,1-3H3. The van der Waals surface area contributed by atoms with Crippen LogP contribution in [0.3, 0.4) is 0 Å². The van der Waals surface area contributed by atoms with Crippen LogP contribution in [0.1, 0.15) is 49.0 Å². The van der Waals surface area contributed by atoms with Crippen molar-refractivity contribution in [1.29, 1.82) is 0 Å². The molecule has 1 saturated heterocycles. The average Bonchev–Trinajstić information content (AvgIpc) is 3.33. The number of rotatable bonds is 7. The lowest BCUT2D eigenvalue weighted by atomic mass is 9.92. The highest BCUT2D eigenvalue weighted by atomic mass is 19.1. The molecule has 0 aliphatic carbocycles. The van der Waals surface area contributed by atoms with E-state index >= 15 is 0 Å². The molecule has 1 aliphatic rings. The highest BCUT2D eigenvalue weighted by molar-refractivity contribution is 5.52. The van der Waals surface area contributed by atoms with Crippen LogP contribution in [0.25, 0.3) is 11.5 Å². The number of piperidine rings is 1. The van der Waals surface area contributed by atoms with Gasteiger partial charge in [0, 0.05) is 36.3 Å². The minimum absolute atomic E-state index is 0.269. The molecule has 160 valence electrons. The van der Waals surface area contributed by atoms with Gasteiger partial charge in [-0.15, -0.1) is 0 Å². The average molecular weight is 412 g/mol. The van der Waals surface area contributed by atoms with Crippen molar-refractivity contribution in [1.82, 2.24) is 24.8 Å². The molecule has 0 saturated carbocycles. The number of aryl methyl sites for hydroxylation is 3. The summed E-state index contributed by atoms with van der Waals surface area (Å²) in [5.74, 6) is 1.61. The quantitative estimate of drug-likeness (QED) is 0.571. The molecule has 7 heteroatoms. The number of nitrogens with zero attached hydrogens (tertiary/aromatic N) is 5. The minimum atomic E-state index is -0.269. The van der Waals surface area contributed by atoms with Gasteiger partial charge in [0.1, 0.15) is 5.82 Å². The first-order valence-corrected chi connectivity index (χ1v) is 10.9. The zero-order chi connectivity index (χ0) is 21.1. The van der Waals surface area contributed by atoms with Gasteiger partial charge in [-0.05, 0) is 83.3 Å². The molecule has 0 spiro atoms. The highest BCUT2D eigenvalue weighted by Crippen LogP contribution is 2.25. The Bertz CT molecular complexity index is 970. The summed E-state index contributed by atoms with van der Waals surface area (Å²) in [6, 6.07) is 6.14. The first-order valence-electron chi connectivity index (χ1n) is 10.9. The van der Waals surface area contributed by atoms with Gasteiger partial charge in [-0.3, -0.25) is 9.58 Å². The van der Waals surface area contributed by atoms with Crippen LogP contribution in [0.15, 0.2) is 28.8 Å². The molecule has 4 rings (SSSR count). The van der Waals surface area contributed by atoms with Crippen molar-refractivity contribution in [3.05, 3.63) is 52.9 Å². The van der Waals surface area contributed by atoms with Crippen LogP contribution in [-0.2, 0) is 19.5 Å². The summed E-state index contributed by atoms with van der Waals surface area (Å²) in [6.45, 7) is 10.6. The van der Waals surface area contributed by atoms with Gasteiger partial charge in [-0.2, -0.15) is 10.1 Å². The summed E-state index contributed by atoms with van der Waals surface area (Å²) in [6.07, 6.45) is 4.28. The first kappa shape index (κ1) is 20.7. The second-order valence-electron chi connectivity index (χ2n) is 8.25. The Kier molecular flexibility index (Phi) is 6.27. The van der Waals surface area contributed by atoms with Crippen LogP contribution in [0.4, 0.5) is 4.39 Å². The number of benzene rings is 1. The number of halogens is 1. The van der Waals surface area contributed by atoms with E-state index in [1.54, 1.807) is 12.1 Å². The van der Waals surface area contributed by atoms with E-state index in [1.165, 1.54) is 36.2 Å². The predicted molar refractivity (Wildman–Crippen MR) is 113 cm³/mol. The molecule has 1 aromatic carbocycles. The van der Waals surface area contributed by atoms with E-state index in [2.05, 4.69) is 45.6 Å². The second-order valence-corrected chi connectivity index (χ2v) is 8.25. The SMILES string of the molecule is CCn1nc(C)c(CN2CCC(CCc3noc(-c4ccc(F)cc4)n3)CC2)c1C. The maximum atomic E-state index is 13.1. The van der Waals surface area contributed by atoms with Crippen molar-refractivity contribution in [3.63, 3.8) is 0 Å². The van der Waals surface area contributed by atoms with E-state index in [4.69, 9.17) is 4.52 Å². The number of hydrogen-bond acceptors (Lipinski definition) is 5. The lowest BCUT2D eigenvalue weighted by molar-refractivity contribution is 0.171. The number of hydrogen-bond donors (Lipinski definition) is 0. The molecule has 2 aromatic heterocycles. The van der Waals surface area contributed by atoms with Gasteiger partial charge in [-0.1, -0.05) is 5.16 Å². The normalized spacial score (nSPS) is 15.7. The zero-order valence-corrected chi connectivity index (χ0v) is 18.1. The number of likely N-dealkylation sites (tertiary alicyclic amines) is 1. The van der Waals surface area contributed by atoms with Gasteiger partial charge in [0.05, 0.1) is 5.69 Å². The van der Waals surface area contributed by atoms with E-state index < -0.39 is 0 Å². The van der Waals surface area contributed by atoms with Crippen LogP contribution in [0, 0.1) is 25.6 Å². The molecular weight excluding hydrogens is 381 g/mol. The molecule has 6 nitrogen and oxygen atoms in total. The third kappa shape index (κ3) is 4.61. The van der Waals surface area contributed by atoms with Crippen LogP contribution in [0.5, 0.6) is 0 Å². The summed E-state index contributed by atoms with van der Waals surface area (Å²) in [4.78, 5) is 7.03. The smallest absolute Gasteiger partial charge is 0.257 e. The molecule has 1 fully saturated rings. The van der Waals surface area contributed by atoms with Crippen molar-refractivity contribution >= 4 is 0 Å². The fraction of sp³-hybridized carbons (Fsp3) is 0.522. The fourth-order valence-electron chi connectivity index (χ4n) is 4.33. The molecule has 0 radical (unpaired) electrons. The lowest BCUT2D eigenvalue weighted by Crippen LogP contribution is -2.33. The lowest BCUT2D eigenvalue weighted by Gasteiger charge is -2.32. The largest absolute Gasteiger partial charge is 0.334 e. The van der Waals surface area contributed by atoms with Crippen molar-refractivity contribution in [2.75, 3.05) is 13.1 Å². The van der Waals surface area contributed by atoms with E-state index in [0.29, 0.717) is 11.8 Å². The third-order valence-electron chi connectivity index (χ3n) is 6.26. The van der Waals surface area contributed by atoms with E-state index in [9.17, 15) is 4.39 Å². The van der Waals surface area contributed by atoms with Crippen molar-refractivity contribution < 1.29 is 8.91 Å². The Morgan fingerprint density at radius 1 is 1.13 bits per heavy atom. The van der Waals surface area contributed by atoms with Gasteiger partial charge < -0.3 is 4.52 Å². The third-order valence-corrected chi connectivity index (χ3v) is 6.26. The Hall–Kier alpha value is -2.54. The van der Waals surface area contributed by atoms with Crippen LogP contribution in [-0.4, -0.2) is 37.9 Å². The van der Waals surface area contributed by atoms with E-state index in [1.807, 2.05) is 0 Å². The molecule has 3 heterocycles. The molecule has 3 aromatic rings. The molecule has 1 aliphatic heterocycles. The Morgan fingerprint density at radius 2 is 1.87 bits per heavy atom. The van der Waals surface area contributed by atoms with Gasteiger partial charge in [0.15, 0.2) is 5.82 Å². The van der Waals surface area contributed by atoms with Crippen LogP contribution in [0.2, 0.25) is 0 Å². The Labute approximate surface area is 177 Å². The molecule has 0 bridgehead atoms. The predicted octanol–water partition coefficient (Wildman–Crippen LogP) is 4.55. The summed E-state index contributed by atoms with van der Waals surface area (Å²) < 4.78 is 20.5. The summed E-state index contributed by atoms with van der Waals surface area (Å²) >= 11 is 0. The molecule has 30 heavy (non-hydrogen) atoms. The van der Waals surface area contributed by atoms with Crippen LogP contribution >= 0.6 is 0 Å². The molecule has 0 N–H and O–H groups in total. The van der Waals surface area contributed by atoms with Crippen molar-refractivity contribution in [3.8, 4) is 11.5 Å². The van der Waals surface area contributed by atoms with Gasteiger partial charge in [0.25, 0.3) is 5.89 Å².